The Kier molecular flexibility index (Phi) is 6.57. The van der Waals surface area contributed by atoms with Crippen LogP contribution in [0.2, 0.25) is 0 Å². The molecule has 0 saturated carbocycles. The molecule has 0 aliphatic heterocycles. The van der Waals surface area contributed by atoms with Crippen molar-refractivity contribution in [3.8, 4) is 17.6 Å². The molecule has 7 nitrogen and oxygen atoms in total. The number of hydrogen-bond acceptors (Lipinski definition) is 6. The Morgan fingerprint density at radius 2 is 1.83 bits per heavy atom. The van der Waals surface area contributed by atoms with E-state index in [-0.39, 0.29) is 0 Å². The van der Waals surface area contributed by atoms with Gasteiger partial charge >= 0.3 is 0 Å². The highest BCUT2D eigenvalue weighted by molar-refractivity contribution is 7.98. The second-order valence-corrected chi connectivity index (χ2v) is 8.26. The number of anilines is 3. The van der Waals surface area contributed by atoms with E-state index in [0.717, 1.165) is 17.0 Å². The van der Waals surface area contributed by atoms with Gasteiger partial charge in [-0.3, -0.25) is 5.14 Å². The van der Waals surface area contributed by atoms with Crippen LogP contribution in [-0.4, -0.2) is 33.7 Å². The highest BCUT2D eigenvalue weighted by Gasteiger charge is 2.07. The van der Waals surface area contributed by atoms with Crippen molar-refractivity contribution in [1.82, 2.24) is 9.97 Å². The Hall–Kier alpha value is -3.54. The average molecular weight is 422 g/mol. The number of hydrogen-bond donors (Lipinski definition) is 3. The van der Waals surface area contributed by atoms with Crippen molar-refractivity contribution in [1.29, 1.82) is 0 Å². The van der Waals surface area contributed by atoms with E-state index in [0.29, 0.717) is 28.8 Å². The average Bonchev–Trinajstić information content (AvgIpc) is 2.73. The number of rotatable bonds is 6. The minimum absolute atomic E-state index is 0.414. The largest absolute Gasteiger partial charge is 0.497 e. The van der Waals surface area contributed by atoms with Gasteiger partial charge in [0.1, 0.15) is 11.6 Å². The van der Waals surface area contributed by atoms with Crippen molar-refractivity contribution in [2.45, 2.75) is 11.8 Å². The van der Waals surface area contributed by atoms with Crippen molar-refractivity contribution in [3.63, 3.8) is 0 Å². The van der Waals surface area contributed by atoms with E-state index < -0.39 is 9.71 Å². The zero-order valence-corrected chi connectivity index (χ0v) is 17.6. The van der Waals surface area contributed by atoms with E-state index in [1.54, 1.807) is 37.6 Å². The first-order chi connectivity index (χ1) is 14.4. The van der Waals surface area contributed by atoms with Crippen molar-refractivity contribution < 1.29 is 8.95 Å². The topological polar surface area (TPSA) is 102 Å². The zero-order chi connectivity index (χ0) is 21.6. The molecule has 0 amide bonds. The molecule has 1 unspecified atom stereocenters. The van der Waals surface area contributed by atoms with Gasteiger partial charge in [0.05, 0.1) is 28.6 Å². The third-order valence-corrected chi connectivity index (χ3v) is 5.14. The van der Waals surface area contributed by atoms with E-state index in [2.05, 4.69) is 38.3 Å². The third kappa shape index (κ3) is 5.50. The molecule has 3 aromatic rings. The Balaban J connectivity index is 1.82. The summed E-state index contributed by atoms with van der Waals surface area (Å²) in [6.07, 6.45) is 1.67. The van der Waals surface area contributed by atoms with E-state index in [1.165, 1.54) is 0 Å². The number of nitrogens with one attached hydrogen (secondary N) is 2. The van der Waals surface area contributed by atoms with E-state index in [4.69, 9.17) is 9.88 Å². The smallest absolute Gasteiger partial charge is 0.229 e. The van der Waals surface area contributed by atoms with Gasteiger partial charge in [0.2, 0.25) is 5.95 Å². The molecule has 1 atom stereocenters. The third-order valence-electron chi connectivity index (χ3n) is 4.07. The van der Waals surface area contributed by atoms with E-state index in [1.807, 2.05) is 31.2 Å². The van der Waals surface area contributed by atoms with Crippen LogP contribution in [0.5, 0.6) is 5.75 Å². The molecule has 0 bridgehead atoms. The van der Waals surface area contributed by atoms with Gasteiger partial charge in [0.25, 0.3) is 0 Å². The summed E-state index contributed by atoms with van der Waals surface area (Å²) < 4.78 is 17.0. The summed E-state index contributed by atoms with van der Waals surface area (Å²) in [6.45, 7) is 2.68. The van der Waals surface area contributed by atoms with Crippen LogP contribution in [0.25, 0.3) is 0 Å². The lowest BCUT2D eigenvalue weighted by molar-refractivity contribution is 0.415. The van der Waals surface area contributed by atoms with Crippen molar-refractivity contribution in [2.24, 2.45) is 5.14 Å². The van der Waals surface area contributed by atoms with Crippen molar-refractivity contribution in [3.05, 3.63) is 65.9 Å². The van der Waals surface area contributed by atoms with Crippen molar-refractivity contribution >= 4 is 33.0 Å². The predicted molar refractivity (Wildman–Crippen MR) is 123 cm³/mol. The number of aromatic nitrogens is 2. The SMILES string of the molecule is C=S(N)(=O)c1ccc(Nc2ncc(C#Cc3ccc(OC)cc3)c(NCC)n2)cc1. The van der Waals surface area contributed by atoms with Crippen LogP contribution in [0.4, 0.5) is 17.5 Å². The first kappa shape index (κ1) is 21.2. The van der Waals surface area contributed by atoms with Gasteiger partial charge in [-0.15, -0.1) is 0 Å². The lowest BCUT2D eigenvalue weighted by Crippen LogP contribution is -2.11. The lowest BCUT2D eigenvalue weighted by Gasteiger charge is -2.10. The van der Waals surface area contributed by atoms with Crippen LogP contribution in [0.1, 0.15) is 18.1 Å². The summed E-state index contributed by atoms with van der Waals surface area (Å²) >= 11 is 0. The molecule has 0 fully saturated rings. The van der Waals surface area contributed by atoms with Crippen LogP contribution in [0.15, 0.2) is 59.6 Å². The van der Waals surface area contributed by atoms with Gasteiger partial charge < -0.3 is 15.4 Å². The molecule has 30 heavy (non-hydrogen) atoms. The summed E-state index contributed by atoms with van der Waals surface area (Å²) in [5.74, 6) is 11.5. The van der Waals surface area contributed by atoms with Crippen LogP contribution in [0.3, 0.4) is 0 Å². The predicted octanol–water partition coefficient (Wildman–Crippen LogP) is 3.01. The fourth-order valence-electron chi connectivity index (χ4n) is 2.55. The Morgan fingerprint density at radius 1 is 1.13 bits per heavy atom. The Labute approximate surface area is 176 Å². The molecular formula is C22H23N5O2S. The zero-order valence-electron chi connectivity index (χ0n) is 16.8. The summed E-state index contributed by atoms with van der Waals surface area (Å²) in [4.78, 5) is 9.35. The molecule has 1 aromatic heterocycles. The maximum atomic E-state index is 11.8. The molecular weight excluding hydrogens is 398 g/mol. The normalized spacial score (nSPS) is 12.2. The highest BCUT2D eigenvalue weighted by atomic mass is 32.2. The lowest BCUT2D eigenvalue weighted by atomic mass is 10.2. The molecule has 4 N–H and O–H groups in total. The number of ether oxygens (including phenoxy) is 1. The standard InChI is InChI=1S/C22H23N5O2S/c1-4-24-21-17(8-5-16-6-11-19(29-2)12-7-16)15-25-22(27-21)26-18-9-13-20(14-10-18)30(3,23)28/h6-7,9-15H,3-4H2,1-2H3,(H2,23,28)(H2,24,25,26,27). The fraction of sp³-hybridized carbons (Fsp3) is 0.136. The maximum Gasteiger partial charge on any atom is 0.229 e. The van der Waals surface area contributed by atoms with Gasteiger partial charge in [0.15, 0.2) is 0 Å². The molecule has 3 rings (SSSR count). The number of nitrogens with two attached hydrogens (primary N) is 1. The molecule has 0 saturated heterocycles. The molecule has 1 heterocycles. The number of nitrogens with zero attached hydrogens (tertiary/aromatic N) is 2. The Bertz CT molecular complexity index is 1180. The molecule has 2 aromatic carbocycles. The van der Waals surface area contributed by atoms with Gasteiger partial charge in [0, 0.05) is 22.7 Å². The molecule has 8 heteroatoms. The molecule has 0 spiro atoms. The van der Waals surface area contributed by atoms with Gasteiger partial charge in [-0.2, -0.15) is 4.98 Å². The quantitative estimate of drug-likeness (QED) is 0.418. The molecule has 0 aliphatic carbocycles. The second kappa shape index (κ2) is 9.31. The second-order valence-electron chi connectivity index (χ2n) is 6.34. The summed E-state index contributed by atoms with van der Waals surface area (Å²) in [6, 6.07) is 14.3. The maximum absolute atomic E-state index is 11.8. The summed E-state index contributed by atoms with van der Waals surface area (Å²) in [5, 5.41) is 11.9. The van der Waals surface area contributed by atoms with Crippen LogP contribution >= 0.6 is 0 Å². The van der Waals surface area contributed by atoms with E-state index >= 15 is 0 Å². The van der Waals surface area contributed by atoms with Crippen molar-refractivity contribution in [2.75, 3.05) is 24.3 Å². The van der Waals surface area contributed by atoms with Crippen LogP contribution in [-0.2, 0) is 9.71 Å². The number of benzene rings is 2. The van der Waals surface area contributed by atoms with Gasteiger partial charge in [-0.05, 0) is 61.3 Å². The summed E-state index contributed by atoms with van der Waals surface area (Å²) in [5.41, 5.74) is 2.29. The Morgan fingerprint density at radius 3 is 2.43 bits per heavy atom. The first-order valence-electron chi connectivity index (χ1n) is 9.18. The van der Waals surface area contributed by atoms with E-state index in [9.17, 15) is 4.21 Å². The molecule has 0 radical (unpaired) electrons. The van der Waals surface area contributed by atoms with Gasteiger partial charge in [-0.1, -0.05) is 11.8 Å². The minimum Gasteiger partial charge on any atom is -0.497 e. The summed E-state index contributed by atoms with van der Waals surface area (Å²) in [7, 11) is -1.11. The van der Waals surface area contributed by atoms with Gasteiger partial charge in [-0.25, -0.2) is 9.19 Å². The van der Waals surface area contributed by atoms with Crippen LogP contribution in [0, 0.1) is 11.8 Å². The molecule has 154 valence electrons. The highest BCUT2D eigenvalue weighted by Crippen LogP contribution is 2.19. The fourth-order valence-corrected chi connectivity index (χ4v) is 3.14. The molecule has 0 aliphatic rings. The monoisotopic (exact) mass is 421 g/mol. The number of methoxy groups -OCH3 is 1. The first-order valence-corrected chi connectivity index (χ1v) is 11.0. The van der Waals surface area contributed by atoms with Crippen LogP contribution < -0.4 is 20.5 Å². The minimum atomic E-state index is -2.74.